The van der Waals surface area contributed by atoms with Crippen molar-refractivity contribution in [3.8, 4) is 0 Å². The molecule has 1 aromatic carbocycles. The molecule has 0 spiro atoms. The summed E-state index contributed by atoms with van der Waals surface area (Å²) in [5, 5.41) is 10.7. The molecule has 1 saturated heterocycles. The summed E-state index contributed by atoms with van der Waals surface area (Å²) in [6.45, 7) is 4.25. The van der Waals surface area contributed by atoms with E-state index in [9.17, 15) is 5.11 Å². The number of aryl methyl sites for hydroxylation is 1. The maximum atomic E-state index is 15.5. The van der Waals surface area contributed by atoms with E-state index >= 15 is 4.39 Å². The molecular formula is C26H31ClFN5O. The van der Waals surface area contributed by atoms with Crippen LogP contribution in [0.5, 0.6) is 0 Å². The topological polar surface area (TPSA) is 65.4 Å². The van der Waals surface area contributed by atoms with Crippen molar-refractivity contribution in [2.75, 3.05) is 43.1 Å². The zero-order valence-electron chi connectivity index (χ0n) is 19.8. The maximum absolute atomic E-state index is 15.5. The van der Waals surface area contributed by atoms with Crippen LogP contribution < -0.4 is 9.80 Å². The molecule has 5 rings (SSSR count). The molecule has 3 aromatic rings. The molecule has 180 valence electrons. The molecule has 0 radical (unpaired) electrons. The molecule has 6 nitrogen and oxygen atoms in total. The lowest BCUT2D eigenvalue weighted by Gasteiger charge is -2.36. The van der Waals surface area contributed by atoms with Crippen molar-refractivity contribution in [1.29, 1.82) is 0 Å². The van der Waals surface area contributed by atoms with E-state index in [0.29, 0.717) is 35.8 Å². The van der Waals surface area contributed by atoms with Gasteiger partial charge >= 0.3 is 0 Å². The van der Waals surface area contributed by atoms with Crippen molar-refractivity contribution in [2.24, 2.45) is 0 Å². The number of halogens is 2. The largest absolute Gasteiger partial charge is 0.395 e. The first-order chi connectivity index (χ1) is 16.4. The fourth-order valence-electron chi connectivity index (χ4n) is 5.10. The number of pyridine rings is 1. The Kier molecular flexibility index (Phi) is 6.34. The number of alkyl halides is 1. The summed E-state index contributed by atoms with van der Waals surface area (Å²) in [6.07, 6.45) is 5.53. The summed E-state index contributed by atoms with van der Waals surface area (Å²) in [6, 6.07) is 7.94. The van der Waals surface area contributed by atoms with Gasteiger partial charge in [0, 0.05) is 55.6 Å². The predicted molar refractivity (Wildman–Crippen MR) is 135 cm³/mol. The van der Waals surface area contributed by atoms with Gasteiger partial charge in [0.25, 0.3) is 0 Å². The summed E-state index contributed by atoms with van der Waals surface area (Å²) >= 11 is 6.69. The number of piperidine rings is 1. The Morgan fingerprint density at radius 1 is 1.24 bits per heavy atom. The van der Waals surface area contributed by atoms with Gasteiger partial charge in [0.15, 0.2) is 11.5 Å². The highest BCUT2D eigenvalue weighted by Gasteiger charge is 2.42. The minimum Gasteiger partial charge on any atom is -0.395 e. The van der Waals surface area contributed by atoms with Crippen molar-refractivity contribution in [3.63, 3.8) is 0 Å². The first kappa shape index (κ1) is 23.2. The van der Waals surface area contributed by atoms with Crippen molar-refractivity contribution in [3.05, 3.63) is 52.6 Å². The zero-order valence-corrected chi connectivity index (χ0v) is 20.5. The standard InChI is InChI=1S/C26H31ClFN5O/c1-17-5-3-10-29-22(17)18-6-11-33(12-7-18)24-20-15-19(32(2)13-14-34)16-21(27)23(20)30-25(31-24)26(28)8-4-9-26/h3,5,10,15-16,18,34H,4,6-9,11-14H2,1-2H3. The molecule has 1 N–H and O–H groups in total. The molecule has 2 aliphatic rings. The Morgan fingerprint density at radius 3 is 2.65 bits per heavy atom. The van der Waals surface area contributed by atoms with Crippen LogP contribution in [0.15, 0.2) is 30.5 Å². The molecule has 8 heteroatoms. The van der Waals surface area contributed by atoms with E-state index in [2.05, 4.69) is 27.9 Å². The van der Waals surface area contributed by atoms with Gasteiger partial charge in [-0.15, -0.1) is 0 Å². The molecular weight excluding hydrogens is 453 g/mol. The fraction of sp³-hybridized carbons (Fsp3) is 0.500. The first-order valence-corrected chi connectivity index (χ1v) is 12.5. The van der Waals surface area contributed by atoms with E-state index in [0.717, 1.165) is 49.2 Å². The maximum Gasteiger partial charge on any atom is 0.170 e. The van der Waals surface area contributed by atoms with Crippen LogP contribution in [0.4, 0.5) is 15.9 Å². The van der Waals surface area contributed by atoms with Gasteiger partial charge in [-0.1, -0.05) is 17.7 Å². The molecule has 0 amide bonds. The third-order valence-corrected chi connectivity index (χ3v) is 7.66. The molecule has 0 unspecified atom stereocenters. The van der Waals surface area contributed by atoms with Crippen LogP contribution >= 0.6 is 11.6 Å². The first-order valence-electron chi connectivity index (χ1n) is 12.1. The quantitative estimate of drug-likeness (QED) is 0.523. The van der Waals surface area contributed by atoms with Crippen LogP contribution in [0.2, 0.25) is 5.02 Å². The molecule has 3 heterocycles. The summed E-state index contributed by atoms with van der Waals surface area (Å²) in [7, 11) is 1.91. The Bertz CT molecular complexity index is 1190. The van der Waals surface area contributed by atoms with Gasteiger partial charge in [0.2, 0.25) is 0 Å². The second-order valence-electron chi connectivity index (χ2n) is 9.63. The van der Waals surface area contributed by atoms with Gasteiger partial charge in [0.1, 0.15) is 5.82 Å². The van der Waals surface area contributed by atoms with Gasteiger partial charge < -0.3 is 14.9 Å². The fourth-order valence-corrected chi connectivity index (χ4v) is 5.36. The minimum atomic E-state index is -1.47. The van der Waals surface area contributed by atoms with Crippen molar-refractivity contribution in [1.82, 2.24) is 15.0 Å². The molecule has 1 aliphatic carbocycles. The average molecular weight is 484 g/mol. The van der Waals surface area contributed by atoms with Gasteiger partial charge in [-0.3, -0.25) is 4.98 Å². The number of anilines is 2. The Hall–Kier alpha value is -2.51. The number of aliphatic hydroxyl groups excluding tert-OH is 1. The summed E-state index contributed by atoms with van der Waals surface area (Å²) < 4.78 is 15.5. The van der Waals surface area contributed by atoms with Gasteiger partial charge in [-0.25, -0.2) is 14.4 Å². The number of nitrogens with zero attached hydrogens (tertiary/aromatic N) is 5. The van der Waals surface area contributed by atoms with Crippen LogP contribution in [0.3, 0.4) is 0 Å². The number of likely N-dealkylation sites (N-methyl/N-ethyl adjacent to an activating group) is 1. The number of fused-ring (bicyclic) bond motifs is 1. The number of rotatable bonds is 6. The smallest absolute Gasteiger partial charge is 0.170 e. The Morgan fingerprint density at radius 2 is 2.00 bits per heavy atom. The number of aromatic nitrogens is 3. The molecule has 2 fully saturated rings. The number of hydrogen-bond acceptors (Lipinski definition) is 6. The molecule has 0 bridgehead atoms. The number of benzene rings is 1. The highest BCUT2D eigenvalue weighted by atomic mass is 35.5. The highest BCUT2D eigenvalue weighted by molar-refractivity contribution is 6.35. The lowest BCUT2D eigenvalue weighted by molar-refractivity contribution is 0.0512. The normalized spacial score (nSPS) is 18.2. The average Bonchev–Trinajstić information content (AvgIpc) is 2.82. The van der Waals surface area contributed by atoms with Crippen LogP contribution in [0, 0.1) is 6.92 Å². The Balaban J connectivity index is 1.53. The lowest BCUT2D eigenvalue weighted by atomic mass is 9.81. The van der Waals surface area contributed by atoms with E-state index < -0.39 is 5.67 Å². The Labute approximate surface area is 204 Å². The molecule has 1 aliphatic heterocycles. The van der Waals surface area contributed by atoms with E-state index in [1.165, 1.54) is 11.3 Å². The third-order valence-electron chi connectivity index (χ3n) is 7.37. The van der Waals surface area contributed by atoms with Gasteiger partial charge in [0.05, 0.1) is 17.1 Å². The summed E-state index contributed by atoms with van der Waals surface area (Å²) in [5.74, 6) is 1.41. The summed E-state index contributed by atoms with van der Waals surface area (Å²) in [5.41, 5.74) is 2.39. The van der Waals surface area contributed by atoms with E-state index in [1.807, 2.05) is 36.3 Å². The lowest BCUT2D eigenvalue weighted by Crippen LogP contribution is -2.36. The SMILES string of the molecule is Cc1cccnc1C1CCN(c2nc(C3(F)CCC3)nc3c(Cl)cc(N(C)CCO)cc23)CC1. The summed E-state index contributed by atoms with van der Waals surface area (Å²) in [4.78, 5) is 18.3. The van der Waals surface area contributed by atoms with Crippen molar-refractivity contribution < 1.29 is 9.50 Å². The number of aliphatic hydroxyl groups is 1. The zero-order chi connectivity index (χ0) is 23.9. The van der Waals surface area contributed by atoms with Crippen molar-refractivity contribution >= 4 is 34.0 Å². The molecule has 0 atom stereocenters. The van der Waals surface area contributed by atoms with Crippen LogP contribution in [-0.4, -0.2) is 53.3 Å². The van der Waals surface area contributed by atoms with Crippen LogP contribution in [0.25, 0.3) is 10.9 Å². The van der Waals surface area contributed by atoms with Crippen LogP contribution in [0.1, 0.15) is 55.1 Å². The molecule has 2 aromatic heterocycles. The van der Waals surface area contributed by atoms with E-state index in [1.54, 1.807) is 0 Å². The monoisotopic (exact) mass is 483 g/mol. The van der Waals surface area contributed by atoms with E-state index in [-0.39, 0.29) is 12.4 Å². The minimum absolute atomic E-state index is 0.0409. The van der Waals surface area contributed by atoms with Gasteiger partial charge in [-0.05, 0) is 62.8 Å². The van der Waals surface area contributed by atoms with E-state index in [4.69, 9.17) is 16.6 Å². The third kappa shape index (κ3) is 4.20. The predicted octanol–water partition coefficient (Wildman–Crippen LogP) is 5.15. The second-order valence-corrected chi connectivity index (χ2v) is 10.0. The van der Waals surface area contributed by atoms with Crippen LogP contribution in [-0.2, 0) is 5.67 Å². The van der Waals surface area contributed by atoms with Gasteiger partial charge in [-0.2, -0.15) is 0 Å². The molecule has 34 heavy (non-hydrogen) atoms. The highest BCUT2D eigenvalue weighted by Crippen LogP contribution is 2.46. The second kappa shape index (κ2) is 9.27. The molecule has 1 saturated carbocycles. The number of hydrogen-bond donors (Lipinski definition) is 1. The van der Waals surface area contributed by atoms with Crippen molar-refractivity contribution in [2.45, 2.75) is 50.6 Å².